The van der Waals surface area contributed by atoms with E-state index in [2.05, 4.69) is 15.2 Å². The summed E-state index contributed by atoms with van der Waals surface area (Å²) in [5.41, 5.74) is 0.997. The Labute approximate surface area is 153 Å². The maximum Gasteiger partial charge on any atom is 0.222 e. The van der Waals surface area contributed by atoms with Crippen LogP contribution in [-0.2, 0) is 9.53 Å². The summed E-state index contributed by atoms with van der Waals surface area (Å²) in [7, 11) is 0. The molecule has 1 fully saturated rings. The van der Waals surface area contributed by atoms with Crippen LogP contribution in [0.3, 0.4) is 0 Å². The molecular formula is C19H25FN4O2. The van der Waals surface area contributed by atoms with E-state index in [1.807, 2.05) is 17.7 Å². The number of nitrogens with one attached hydrogen (secondary N) is 1. The Morgan fingerprint density at radius 3 is 2.69 bits per heavy atom. The molecule has 0 aliphatic carbocycles. The molecule has 1 N–H and O–H groups in total. The van der Waals surface area contributed by atoms with Gasteiger partial charge in [0.2, 0.25) is 5.91 Å². The molecule has 1 aromatic carbocycles. The summed E-state index contributed by atoms with van der Waals surface area (Å²) in [6.45, 7) is 5.40. The van der Waals surface area contributed by atoms with Crippen LogP contribution in [0.1, 0.15) is 31.0 Å². The molecule has 1 amide bonds. The Balaban J connectivity index is 1.61. The number of benzene rings is 1. The van der Waals surface area contributed by atoms with Gasteiger partial charge in [0.1, 0.15) is 5.82 Å². The van der Waals surface area contributed by atoms with Gasteiger partial charge < -0.3 is 14.6 Å². The van der Waals surface area contributed by atoms with Crippen molar-refractivity contribution in [3.05, 3.63) is 54.4 Å². The predicted molar refractivity (Wildman–Crippen MR) is 96.1 cm³/mol. The maximum atomic E-state index is 13.3. The number of ether oxygens (including phenoxy) is 1. The van der Waals surface area contributed by atoms with Crippen molar-refractivity contribution < 1.29 is 13.9 Å². The Bertz CT molecular complexity index is 684. The molecule has 0 radical (unpaired) electrons. The van der Waals surface area contributed by atoms with Crippen molar-refractivity contribution in [3.8, 4) is 0 Å². The lowest BCUT2D eigenvalue weighted by molar-refractivity contribution is -0.122. The zero-order chi connectivity index (χ0) is 18.4. The second-order valence-corrected chi connectivity index (χ2v) is 6.58. The first-order valence-corrected chi connectivity index (χ1v) is 8.95. The van der Waals surface area contributed by atoms with Crippen LogP contribution in [0.5, 0.6) is 0 Å². The fourth-order valence-electron chi connectivity index (χ4n) is 3.22. The molecule has 2 unspecified atom stereocenters. The van der Waals surface area contributed by atoms with Gasteiger partial charge >= 0.3 is 0 Å². The summed E-state index contributed by atoms with van der Waals surface area (Å²) < 4.78 is 20.6. The number of hydrogen-bond donors (Lipinski definition) is 1. The van der Waals surface area contributed by atoms with E-state index in [0.717, 1.165) is 18.7 Å². The SMILES string of the molecule is CC(CC(=O)NCC(c1ccc(F)cc1)N1CCOCC1)n1ccnc1. The molecule has 2 aromatic rings. The largest absolute Gasteiger partial charge is 0.379 e. The highest BCUT2D eigenvalue weighted by molar-refractivity contribution is 5.76. The molecule has 7 heteroatoms. The van der Waals surface area contributed by atoms with Crippen molar-refractivity contribution in [2.45, 2.75) is 25.4 Å². The molecule has 3 rings (SSSR count). The summed E-state index contributed by atoms with van der Waals surface area (Å²) >= 11 is 0. The number of halogens is 1. The number of carbonyl (C=O) groups is 1. The van der Waals surface area contributed by atoms with E-state index in [-0.39, 0.29) is 23.8 Å². The lowest BCUT2D eigenvalue weighted by atomic mass is 10.0. The van der Waals surface area contributed by atoms with Gasteiger partial charge in [0.25, 0.3) is 0 Å². The summed E-state index contributed by atoms with van der Waals surface area (Å²) in [5, 5.41) is 3.04. The fourth-order valence-corrected chi connectivity index (χ4v) is 3.22. The van der Waals surface area contributed by atoms with Crippen LogP contribution < -0.4 is 5.32 Å². The zero-order valence-corrected chi connectivity index (χ0v) is 15.0. The molecule has 0 spiro atoms. The van der Waals surface area contributed by atoms with Crippen LogP contribution in [0.15, 0.2) is 43.0 Å². The number of hydrogen-bond acceptors (Lipinski definition) is 4. The number of nitrogens with zero attached hydrogens (tertiary/aromatic N) is 3. The molecule has 6 nitrogen and oxygen atoms in total. The summed E-state index contributed by atoms with van der Waals surface area (Å²) in [4.78, 5) is 18.7. The van der Waals surface area contributed by atoms with Crippen LogP contribution in [0.4, 0.5) is 4.39 Å². The topological polar surface area (TPSA) is 59.4 Å². The highest BCUT2D eigenvalue weighted by Crippen LogP contribution is 2.22. The third kappa shape index (κ3) is 4.89. The standard InChI is InChI=1S/C19H25FN4O2/c1-15(24-7-6-21-14-24)12-19(25)22-13-18(23-8-10-26-11-9-23)16-2-4-17(20)5-3-16/h2-7,14-15,18H,8-13H2,1H3,(H,22,25). The molecule has 2 heterocycles. The minimum Gasteiger partial charge on any atom is -0.379 e. The van der Waals surface area contributed by atoms with Gasteiger partial charge in [-0.05, 0) is 24.6 Å². The van der Waals surface area contributed by atoms with Gasteiger partial charge in [0.05, 0.1) is 25.6 Å². The van der Waals surface area contributed by atoms with Crippen molar-refractivity contribution in [3.63, 3.8) is 0 Å². The van der Waals surface area contributed by atoms with E-state index in [4.69, 9.17) is 4.74 Å². The average molecular weight is 360 g/mol. The molecule has 0 saturated carbocycles. The average Bonchev–Trinajstić information content (AvgIpc) is 3.19. The van der Waals surface area contributed by atoms with E-state index in [0.29, 0.717) is 26.2 Å². The zero-order valence-electron chi connectivity index (χ0n) is 15.0. The molecule has 26 heavy (non-hydrogen) atoms. The number of imidazole rings is 1. The van der Waals surface area contributed by atoms with Gasteiger partial charge in [0.15, 0.2) is 0 Å². The third-order valence-electron chi connectivity index (χ3n) is 4.75. The van der Waals surface area contributed by atoms with Gasteiger partial charge in [-0.15, -0.1) is 0 Å². The van der Waals surface area contributed by atoms with Crippen LogP contribution in [0.2, 0.25) is 0 Å². The highest BCUT2D eigenvalue weighted by Gasteiger charge is 2.23. The monoisotopic (exact) mass is 360 g/mol. The second-order valence-electron chi connectivity index (χ2n) is 6.58. The number of rotatable bonds is 7. The third-order valence-corrected chi connectivity index (χ3v) is 4.75. The molecule has 1 saturated heterocycles. The summed E-state index contributed by atoms with van der Waals surface area (Å²) in [6.07, 6.45) is 5.66. The molecular weight excluding hydrogens is 335 g/mol. The quantitative estimate of drug-likeness (QED) is 0.822. The van der Waals surface area contributed by atoms with Crippen molar-refractivity contribution in [2.24, 2.45) is 0 Å². The maximum absolute atomic E-state index is 13.3. The van der Waals surface area contributed by atoms with E-state index >= 15 is 0 Å². The molecule has 1 aliphatic rings. The Morgan fingerprint density at radius 1 is 1.31 bits per heavy atom. The summed E-state index contributed by atoms with van der Waals surface area (Å²) in [5.74, 6) is -0.265. The molecule has 2 atom stereocenters. The van der Waals surface area contributed by atoms with Gasteiger partial charge in [-0.3, -0.25) is 9.69 Å². The van der Waals surface area contributed by atoms with Crippen molar-refractivity contribution >= 4 is 5.91 Å². The van der Waals surface area contributed by atoms with Gasteiger partial charge in [-0.25, -0.2) is 9.37 Å². The first-order valence-electron chi connectivity index (χ1n) is 8.95. The first-order chi connectivity index (χ1) is 12.6. The normalized spacial score (nSPS) is 17.6. The summed E-state index contributed by atoms with van der Waals surface area (Å²) in [6, 6.07) is 6.56. The second kappa shape index (κ2) is 8.91. The number of aromatic nitrogens is 2. The van der Waals surface area contributed by atoms with Gasteiger partial charge in [-0.2, -0.15) is 0 Å². The smallest absolute Gasteiger partial charge is 0.222 e. The van der Waals surface area contributed by atoms with Crippen LogP contribution in [-0.4, -0.2) is 53.2 Å². The van der Waals surface area contributed by atoms with E-state index < -0.39 is 0 Å². The van der Waals surface area contributed by atoms with E-state index in [1.54, 1.807) is 24.7 Å². The van der Waals surface area contributed by atoms with E-state index in [1.165, 1.54) is 12.1 Å². The number of amides is 1. The lowest BCUT2D eigenvalue weighted by Gasteiger charge is -2.35. The molecule has 1 aliphatic heterocycles. The fraction of sp³-hybridized carbons (Fsp3) is 0.474. The number of morpholine rings is 1. The Kier molecular flexibility index (Phi) is 6.35. The molecule has 0 bridgehead atoms. The lowest BCUT2D eigenvalue weighted by Crippen LogP contribution is -2.44. The highest BCUT2D eigenvalue weighted by atomic mass is 19.1. The Morgan fingerprint density at radius 2 is 2.04 bits per heavy atom. The van der Waals surface area contributed by atoms with Crippen molar-refractivity contribution in [1.29, 1.82) is 0 Å². The Hall–Kier alpha value is -2.25. The first kappa shape index (κ1) is 18.5. The van der Waals surface area contributed by atoms with Gasteiger partial charge in [-0.1, -0.05) is 12.1 Å². The molecule has 140 valence electrons. The predicted octanol–water partition coefficient (Wildman–Crippen LogP) is 2.16. The van der Waals surface area contributed by atoms with Crippen LogP contribution in [0.25, 0.3) is 0 Å². The van der Waals surface area contributed by atoms with Crippen LogP contribution in [0, 0.1) is 5.82 Å². The van der Waals surface area contributed by atoms with Crippen molar-refractivity contribution in [2.75, 3.05) is 32.8 Å². The van der Waals surface area contributed by atoms with Crippen LogP contribution >= 0.6 is 0 Å². The number of carbonyl (C=O) groups excluding carboxylic acids is 1. The van der Waals surface area contributed by atoms with E-state index in [9.17, 15) is 9.18 Å². The molecule has 1 aromatic heterocycles. The van der Waals surface area contributed by atoms with Crippen molar-refractivity contribution in [1.82, 2.24) is 19.8 Å². The minimum absolute atomic E-state index is 0.00648. The minimum atomic E-state index is -0.257. The van der Waals surface area contributed by atoms with Gasteiger partial charge in [0, 0.05) is 44.5 Å².